The Bertz CT molecular complexity index is 241. The normalized spacial score (nSPS) is 20.7. The minimum absolute atomic E-state index is 0.0642. The van der Waals surface area contributed by atoms with Crippen molar-refractivity contribution in [3.63, 3.8) is 0 Å². The largest absolute Gasteiger partial charge is 0.321 e. The van der Waals surface area contributed by atoms with Crippen molar-refractivity contribution in [2.24, 2.45) is 11.7 Å². The molecule has 1 aromatic heterocycles. The number of hydrogen-bond donors (Lipinski definition) is 1. The van der Waals surface area contributed by atoms with Gasteiger partial charge in [-0.25, -0.2) is 4.98 Å². The highest BCUT2D eigenvalue weighted by atomic mass is 32.1. The summed E-state index contributed by atoms with van der Waals surface area (Å²) in [5, 5.41) is 0. The molecular formula is C9H15N3S. The van der Waals surface area contributed by atoms with Crippen LogP contribution in [0, 0.1) is 5.92 Å². The maximum atomic E-state index is 6.00. The van der Waals surface area contributed by atoms with Crippen LogP contribution in [-0.2, 0) is 0 Å². The van der Waals surface area contributed by atoms with Crippen LogP contribution in [0.15, 0.2) is 5.51 Å². The van der Waals surface area contributed by atoms with Gasteiger partial charge in [-0.2, -0.15) is 4.37 Å². The minimum atomic E-state index is 0.0642. The highest BCUT2D eigenvalue weighted by Gasteiger charge is 2.20. The molecule has 1 heterocycles. The summed E-state index contributed by atoms with van der Waals surface area (Å²) in [6.07, 6.45) is 6.51. The van der Waals surface area contributed by atoms with E-state index in [1.807, 2.05) is 0 Å². The highest BCUT2D eigenvalue weighted by Crippen LogP contribution is 2.31. The van der Waals surface area contributed by atoms with Gasteiger partial charge in [-0.3, -0.25) is 0 Å². The number of rotatable bonds is 3. The first-order valence-electron chi connectivity index (χ1n) is 4.88. The van der Waals surface area contributed by atoms with E-state index in [2.05, 4.69) is 9.36 Å². The van der Waals surface area contributed by atoms with Crippen LogP contribution in [0.2, 0.25) is 0 Å². The number of aromatic nitrogens is 2. The van der Waals surface area contributed by atoms with Crippen molar-refractivity contribution in [2.75, 3.05) is 0 Å². The predicted molar refractivity (Wildman–Crippen MR) is 53.4 cm³/mol. The monoisotopic (exact) mass is 197 g/mol. The van der Waals surface area contributed by atoms with Gasteiger partial charge in [-0.15, -0.1) is 0 Å². The maximum Gasteiger partial charge on any atom is 0.158 e. The van der Waals surface area contributed by atoms with E-state index in [0.717, 1.165) is 18.2 Å². The second-order valence-electron chi connectivity index (χ2n) is 3.78. The molecule has 0 aromatic carbocycles. The van der Waals surface area contributed by atoms with Crippen molar-refractivity contribution in [2.45, 2.75) is 38.1 Å². The average Bonchev–Trinajstić information content (AvgIpc) is 2.74. The molecule has 1 atom stereocenters. The van der Waals surface area contributed by atoms with Crippen LogP contribution in [0.5, 0.6) is 0 Å². The SMILES string of the molecule is NC(CC1CCCC1)c1ncsn1. The Morgan fingerprint density at radius 3 is 2.92 bits per heavy atom. The first kappa shape index (κ1) is 9.09. The van der Waals surface area contributed by atoms with Crippen molar-refractivity contribution >= 4 is 11.5 Å². The number of nitrogens with zero attached hydrogens (tertiary/aromatic N) is 2. The molecule has 0 radical (unpaired) electrons. The van der Waals surface area contributed by atoms with Gasteiger partial charge in [0.1, 0.15) is 5.51 Å². The van der Waals surface area contributed by atoms with Gasteiger partial charge in [0.05, 0.1) is 6.04 Å². The smallest absolute Gasteiger partial charge is 0.158 e. The fraction of sp³-hybridized carbons (Fsp3) is 0.778. The Morgan fingerprint density at radius 2 is 2.31 bits per heavy atom. The summed E-state index contributed by atoms with van der Waals surface area (Å²) in [5.41, 5.74) is 7.75. The predicted octanol–water partition coefficient (Wildman–Crippen LogP) is 2.12. The summed E-state index contributed by atoms with van der Waals surface area (Å²) in [6, 6.07) is 0.0642. The van der Waals surface area contributed by atoms with Gasteiger partial charge in [0.15, 0.2) is 5.82 Å². The molecule has 1 aliphatic carbocycles. The summed E-state index contributed by atoms with van der Waals surface area (Å²) in [7, 11) is 0. The topological polar surface area (TPSA) is 51.8 Å². The van der Waals surface area contributed by atoms with E-state index in [0.29, 0.717) is 0 Å². The Morgan fingerprint density at radius 1 is 1.54 bits per heavy atom. The molecule has 1 aromatic rings. The summed E-state index contributed by atoms with van der Waals surface area (Å²) in [4.78, 5) is 4.14. The van der Waals surface area contributed by atoms with Crippen LogP contribution in [-0.4, -0.2) is 9.36 Å². The molecule has 0 spiro atoms. The van der Waals surface area contributed by atoms with Crippen LogP contribution < -0.4 is 5.73 Å². The van der Waals surface area contributed by atoms with Crippen molar-refractivity contribution in [1.82, 2.24) is 9.36 Å². The molecule has 2 N–H and O–H groups in total. The Balaban J connectivity index is 1.87. The molecule has 0 saturated heterocycles. The maximum absolute atomic E-state index is 6.00. The Hall–Kier alpha value is -0.480. The molecule has 0 bridgehead atoms. The van der Waals surface area contributed by atoms with Gasteiger partial charge in [0.25, 0.3) is 0 Å². The average molecular weight is 197 g/mol. The molecular weight excluding hydrogens is 182 g/mol. The summed E-state index contributed by atoms with van der Waals surface area (Å²) in [5.74, 6) is 1.65. The third-order valence-corrected chi connectivity index (χ3v) is 3.26. The standard InChI is InChI=1S/C9H15N3S/c10-8(9-11-6-13-12-9)5-7-3-1-2-4-7/h6-8H,1-5,10H2. The molecule has 0 aliphatic heterocycles. The third kappa shape index (κ3) is 2.25. The van der Waals surface area contributed by atoms with Gasteiger partial charge >= 0.3 is 0 Å². The molecule has 4 heteroatoms. The first-order valence-corrected chi connectivity index (χ1v) is 5.72. The van der Waals surface area contributed by atoms with Crippen molar-refractivity contribution < 1.29 is 0 Å². The molecule has 72 valence electrons. The summed E-state index contributed by atoms with van der Waals surface area (Å²) >= 11 is 1.38. The second-order valence-corrected chi connectivity index (χ2v) is 4.39. The zero-order valence-electron chi connectivity index (χ0n) is 7.65. The zero-order valence-corrected chi connectivity index (χ0v) is 8.46. The zero-order chi connectivity index (χ0) is 9.10. The van der Waals surface area contributed by atoms with Gasteiger partial charge in [-0.05, 0) is 23.9 Å². The van der Waals surface area contributed by atoms with Crippen LogP contribution in [0.4, 0.5) is 0 Å². The second kappa shape index (κ2) is 4.15. The molecule has 1 unspecified atom stereocenters. The van der Waals surface area contributed by atoms with Gasteiger partial charge in [-0.1, -0.05) is 25.7 Å². The van der Waals surface area contributed by atoms with Gasteiger partial charge in [0, 0.05) is 0 Å². The fourth-order valence-corrected chi connectivity index (χ4v) is 2.55. The van der Waals surface area contributed by atoms with Crippen molar-refractivity contribution in [3.05, 3.63) is 11.3 Å². The van der Waals surface area contributed by atoms with Gasteiger partial charge in [0.2, 0.25) is 0 Å². The van der Waals surface area contributed by atoms with Crippen LogP contribution in [0.3, 0.4) is 0 Å². The molecule has 1 fully saturated rings. The molecule has 1 aliphatic rings. The molecule has 13 heavy (non-hydrogen) atoms. The fourth-order valence-electron chi connectivity index (χ4n) is 2.05. The lowest BCUT2D eigenvalue weighted by atomic mass is 9.99. The van der Waals surface area contributed by atoms with E-state index in [1.165, 1.54) is 37.2 Å². The molecule has 3 nitrogen and oxygen atoms in total. The van der Waals surface area contributed by atoms with Gasteiger partial charge < -0.3 is 5.73 Å². The highest BCUT2D eigenvalue weighted by molar-refractivity contribution is 7.03. The quantitative estimate of drug-likeness (QED) is 0.807. The minimum Gasteiger partial charge on any atom is -0.321 e. The van der Waals surface area contributed by atoms with Crippen LogP contribution >= 0.6 is 11.5 Å². The summed E-state index contributed by atoms with van der Waals surface area (Å²) < 4.78 is 4.16. The molecule has 2 rings (SSSR count). The lowest BCUT2D eigenvalue weighted by Crippen LogP contribution is -2.15. The van der Waals surface area contributed by atoms with E-state index in [4.69, 9.17) is 5.73 Å². The third-order valence-electron chi connectivity index (χ3n) is 2.77. The van der Waals surface area contributed by atoms with Crippen LogP contribution in [0.25, 0.3) is 0 Å². The Kier molecular flexibility index (Phi) is 2.90. The van der Waals surface area contributed by atoms with Crippen LogP contribution in [0.1, 0.15) is 44.0 Å². The van der Waals surface area contributed by atoms with Crippen molar-refractivity contribution in [3.8, 4) is 0 Å². The van der Waals surface area contributed by atoms with E-state index in [-0.39, 0.29) is 6.04 Å². The number of nitrogens with two attached hydrogens (primary N) is 1. The summed E-state index contributed by atoms with van der Waals surface area (Å²) in [6.45, 7) is 0. The van der Waals surface area contributed by atoms with E-state index in [9.17, 15) is 0 Å². The lowest BCUT2D eigenvalue weighted by Gasteiger charge is -2.12. The molecule has 0 amide bonds. The number of hydrogen-bond acceptors (Lipinski definition) is 4. The Labute approximate surface area is 82.5 Å². The van der Waals surface area contributed by atoms with Crippen molar-refractivity contribution in [1.29, 1.82) is 0 Å². The lowest BCUT2D eigenvalue weighted by molar-refractivity contribution is 0.442. The van der Waals surface area contributed by atoms with E-state index >= 15 is 0 Å². The molecule has 1 saturated carbocycles. The van der Waals surface area contributed by atoms with E-state index < -0.39 is 0 Å². The van der Waals surface area contributed by atoms with E-state index in [1.54, 1.807) is 5.51 Å². The first-order chi connectivity index (χ1) is 6.36.